The summed E-state index contributed by atoms with van der Waals surface area (Å²) >= 11 is 0. The van der Waals surface area contributed by atoms with E-state index in [9.17, 15) is 5.11 Å². The molecule has 1 aliphatic heterocycles. The molecule has 2 N–H and O–H groups in total. The summed E-state index contributed by atoms with van der Waals surface area (Å²) in [5.41, 5.74) is 2.88. The first kappa shape index (κ1) is 11.9. The average Bonchev–Trinajstić information content (AvgIpc) is 2.97. The molecule has 1 aromatic rings. The van der Waals surface area contributed by atoms with Gasteiger partial charge >= 0.3 is 0 Å². The lowest BCUT2D eigenvalue weighted by Crippen LogP contribution is -2.39. The molecule has 0 atom stereocenters. The molecule has 3 heteroatoms. The summed E-state index contributed by atoms with van der Waals surface area (Å²) < 4.78 is 0. The Balaban J connectivity index is 0.000000963. The standard InChI is InChI=1S/C13H17NO.ClH/c15-9-13(5-6-13)12-3-1-10(2-4-12)11-7-14-8-11;/h1-4,11,14-15H,5-9H2;1H. The average molecular weight is 240 g/mol. The smallest absolute Gasteiger partial charge is 0.0527 e. The molecule has 0 unspecified atom stereocenters. The van der Waals surface area contributed by atoms with Crippen LogP contribution in [0.5, 0.6) is 0 Å². The molecule has 0 aromatic heterocycles. The molecule has 0 radical (unpaired) electrons. The monoisotopic (exact) mass is 239 g/mol. The molecule has 0 amide bonds. The van der Waals surface area contributed by atoms with Crippen LogP contribution in [0, 0.1) is 0 Å². The van der Waals surface area contributed by atoms with Crippen LogP contribution >= 0.6 is 12.4 Å². The van der Waals surface area contributed by atoms with Crippen molar-refractivity contribution in [1.29, 1.82) is 0 Å². The number of rotatable bonds is 3. The fraction of sp³-hybridized carbons (Fsp3) is 0.538. The number of aliphatic hydroxyl groups excluding tert-OH is 1. The third-order valence-corrected chi connectivity index (χ3v) is 3.93. The molecule has 1 saturated heterocycles. The summed E-state index contributed by atoms with van der Waals surface area (Å²) in [4.78, 5) is 0. The lowest BCUT2D eigenvalue weighted by atomic mass is 9.90. The molecular formula is C13H18ClNO. The van der Waals surface area contributed by atoms with Crippen molar-refractivity contribution >= 4 is 12.4 Å². The molecular weight excluding hydrogens is 222 g/mol. The minimum Gasteiger partial charge on any atom is -0.395 e. The van der Waals surface area contributed by atoms with E-state index in [-0.39, 0.29) is 17.8 Å². The van der Waals surface area contributed by atoms with Gasteiger partial charge in [-0.15, -0.1) is 12.4 Å². The van der Waals surface area contributed by atoms with Crippen LogP contribution in [0.2, 0.25) is 0 Å². The van der Waals surface area contributed by atoms with Gasteiger partial charge in [0.15, 0.2) is 0 Å². The number of benzene rings is 1. The van der Waals surface area contributed by atoms with E-state index in [4.69, 9.17) is 0 Å². The molecule has 0 spiro atoms. The maximum absolute atomic E-state index is 9.34. The SMILES string of the molecule is Cl.OCC1(c2ccc(C3CNC3)cc2)CC1. The van der Waals surface area contributed by atoms with Crippen LogP contribution in [-0.2, 0) is 5.41 Å². The van der Waals surface area contributed by atoms with Crippen molar-refractivity contribution in [3.8, 4) is 0 Å². The highest BCUT2D eigenvalue weighted by molar-refractivity contribution is 5.85. The lowest BCUT2D eigenvalue weighted by Gasteiger charge is -2.27. The van der Waals surface area contributed by atoms with E-state index in [1.54, 1.807) is 0 Å². The molecule has 2 aliphatic rings. The van der Waals surface area contributed by atoms with Gasteiger partial charge < -0.3 is 10.4 Å². The second-order valence-corrected chi connectivity index (χ2v) is 4.92. The van der Waals surface area contributed by atoms with Crippen molar-refractivity contribution in [2.24, 2.45) is 0 Å². The van der Waals surface area contributed by atoms with E-state index in [0.29, 0.717) is 12.5 Å². The van der Waals surface area contributed by atoms with Gasteiger partial charge in [0.1, 0.15) is 0 Å². The van der Waals surface area contributed by atoms with E-state index >= 15 is 0 Å². The lowest BCUT2D eigenvalue weighted by molar-refractivity contribution is 0.255. The summed E-state index contributed by atoms with van der Waals surface area (Å²) in [6.07, 6.45) is 2.29. The zero-order chi connectivity index (χ0) is 10.3. The van der Waals surface area contributed by atoms with Gasteiger partial charge in [0.05, 0.1) is 6.61 Å². The Bertz CT molecular complexity index is 355. The number of hydrogen-bond donors (Lipinski definition) is 2. The molecule has 2 nitrogen and oxygen atoms in total. The highest BCUT2D eigenvalue weighted by atomic mass is 35.5. The highest BCUT2D eigenvalue weighted by Gasteiger charge is 2.43. The van der Waals surface area contributed by atoms with Crippen molar-refractivity contribution < 1.29 is 5.11 Å². The zero-order valence-corrected chi connectivity index (χ0v) is 10.1. The Hall–Kier alpha value is -0.570. The van der Waals surface area contributed by atoms with E-state index in [0.717, 1.165) is 25.9 Å². The molecule has 1 aromatic carbocycles. The Morgan fingerprint density at radius 2 is 1.81 bits per heavy atom. The van der Waals surface area contributed by atoms with Crippen LogP contribution in [0.25, 0.3) is 0 Å². The van der Waals surface area contributed by atoms with Gasteiger partial charge in [-0.1, -0.05) is 24.3 Å². The molecule has 1 saturated carbocycles. The number of aliphatic hydroxyl groups is 1. The van der Waals surface area contributed by atoms with E-state index in [1.807, 2.05) is 0 Å². The zero-order valence-electron chi connectivity index (χ0n) is 9.28. The molecule has 0 bridgehead atoms. The first-order valence-electron chi connectivity index (χ1n) is 5.76. The predicted molar refractivity (Wildman–Crippen MR) is 67.3 cm³/mol. The van der Waals surface area contributed by atoms with Gasteiger partial charge in [-0.3, -0.25) is 0 Å². The summed E-state index contributed by atoms with van der Waals surface area (Å²) in [6.45, 7) is 2.53. The predicted octanol–water partition coefficient (Wildman–Crippen LogP) is 1.82. The fourth-order valence-corrected chi connectivity index (χ4v) is 2.32. The topological polar surface area (TPSA) is 32.3 Å². The van der Waals surface area contributed by atoms with Crippen LogP contribution in [0.4, 0.5) is 0 Å². The summed E-state index contributed by atoms with van der Waals surface area (Å²) in [5, 5.41) is 12.6. The Labute approximate surface area is 102 Å². The Morgan fingerprint density at radius 3 is 2.19 bits per heavy atom. The van der Waals surface area contributed by atoms with E-state index < -0.39 is 0 Å². The van der Waals surface area contributed by atoms with Crippen LogP contribution < -0.4 is 5.32 Å². The maximum atomic E-state index is 9.34. The quantitative estimate of drug-likeness (QED) is 0.844. The minimum atomic E-state index is 0. The van der Waals surface area contributed by atoms with Gasteiger partial charge in [-0.2, -0.15) is 0 Å². The number of halogens is 1. The van der Waals surface area contributed by atoms with Crippen molar-refractivity contribution in [1.82, 2.24) is 5.32 Å². The second kappa shape index (κ2) is 4.36. The van der Waals surface area contributed by atoms with Gasteiger partial charge in [-0.25, -0.2) is 0 Å². The molecule has 3 rings (SSSR count). The third kappa shape index (κ3) is 1.86. The van der Waals surface area contributed by atoms with Crippen molar-refractivity contribution in [2.45, 2.75) is 24.2 Å². The first-order chi connectivity index (χ1) is 7.34. The van der Waals surface area contributed by atoms with Crippen LogP contribution in [0.15, 0.2) is 24.3 Å². The van der Waals surface area contributed by atoms with Crippen molar-refractivity contribution in [3.63, 3.8) is 0 Å². The van der Waals surface area contributed by atoms with Gasteiger partial charge in [0.25, 0.3) is 0 Å². The highest BCUT2D eigenvalue weighted by Crippen LogP contribution is 2.47. The first-order valence-corrected chi connectivity index (χ1v) is 5.76. The van der Waals surface area contributed by atoms with Crippen molar-refractivity contribution in [3.05, 3.63) is 35.4 Å². The van der Waals surface area contributed by atoms with E-state index in [2.05, 4.69) is 29.6 Å². The second-order valence-electron chi connectivity index (χ2n) is 4.92. The van der Waals surface area contributed by atoms with Gasteiger partial charge in [-0.05, 0) is 24.0 Å². The van der Waals surface area contributed by atoms with Crippen LogP contribution in [0.1, 0.15) is 29.9 Å². The summed E-state index contributed by atoms with van der Waals surface area (Å²) in [5.74, 6) is 0.711. The minimum absolute atomic E-state index is 0. The molecule has 1 heterocycles. The van der Waals surface area contributed by atoms with Gasteiger partial charge in [0, 0.05) is 24.4 Å². The van der Waals surface area contributed by atoms with Crippen LogP contribution in [-0.4, -0.2) is 24.8 Å². The number of hydrogen-bond acceptors (Lipinski definition) is 2. The van der Waals surface area contributed by atoms with Gasteiger partial charge in [0.2, 0.25) is 0 Å². The largest absolute Gasteiger partial charge is 0.395 e. The Morgan fingerprint density at radius 1 is 1.19 bits per heavy atom. The summed E-state index contributed by atoms with van der Waals surface area (Å²) in [7, 11) is 0. The maximum Gasteiger partial charge on any atom is 0.0527 e. The molecule has 16 heavy (non-hydrogen) atoms. The number of nitrogens with one attached hydrogen (secondary N) is 1. The Kier molecular flexibility index (Phi) is 3.24. The normalized spacial score (nSPS) is 22.1. The fourth-order valence-electron chi connectivity index (χ4n) is 2.32. The molecule has 2 fully saturated rings. The van der Waals surface area contributed by atoms with Crippen molar-refractivity contribution in [2.75, 3.05) is 19.7 Å². The third-order valence-electron chi connectivity index (χ3n) is 3.93. The molecule has 88 valence electrons. The van der Waals surface area contributed by atoms with Crippen LogP contribution in [0.3, 0.4) is 0 Å². The molecule has 1 aliphatic carbocycles. The van der Waals surface area contributed by atoms with E-state index in [1.165, 1.54) is 11.1 Å². The summed E-state index contributed by atoms with van der Waals surface area (Å²) in [6, 6.07) is 8.88.